The van der Waals surface area contributed by atoms with Gasteiger partial charge in [-0.3, -0.25) is 0 Å². The second-order valence-electron chi connectivity index (χ2n) is 4.88. The van der Waals surface area contributed by atoms with E-state index < -0.39 is 8.32 Å². The maximum atomic E-state index is 6.12. The van der Waals surface area contributed by atoms with Crippen molar-refractivity contribution in [2.75, 3.05) is 0 Å². The molecule has 0 heterocycles. The summed E-state index contributed by atoms with van der Waals surface area (Å²) in [6.45, 7) is 8.77. The molecule has 1 aromatic rings. The van der Waals surface area contributed by atoms with Crippen molar-refractivity contribution in [3.8, 4) is 5.75 Å². The second-order valence-corrected chi connectivity index (χ2v) is 9.51. The average Bonchev–Trinajstić information content (AvgIpc) is 2.20. The molecular formula is C13H21ClOSi. The molecule has 0 aliphatic heterocycles. The lowest BCUT2D eigenvalue weighted by molar-refractivity contribution is 0.542. The van der Waals surface area contributed by atoms with E-state index in [1.165, 1.54) is 18.9 Å². The highest BCUT2D eigenvalue weighted by atomic mass is 35.5. The first-order valence-electron chi connectivity index (χ1n) is 5.90. The van der Waals surface area contributed by atoms with E-state index in [1.54, 1.807) is 0 Å². The molecule has 1 aromatic carbocycles. The van der Waals surface area contributed by atoms with E-state index in [1.807, 2.05) is 25.1 Å². The summed E-state index contributed by atoms with van der Waals surface area (Å²) < 4.78 is 6.12. The van der Waals surface area contributed by atoms with Gasteiger partial charge >= 0.3 is 0 Å². The molecule has 0 saturated carbocycles. The van der Waals surface area contributed by atoms with Crippen molar-refractivity contribution in [2.45, 2.75) is 45.8 Å². The van der Waals surface area contributed by atoms with Crippen LogP contribution < -0.4 is 4.43 Å². The molecule has 0 aliphatic rings. The lowest BCUT2D eigenvalue weighted by atomic mass is 10.2. The number of unbranched alkanes of at least 4 members (excludes halogenated alkanes) is 1. The fourth-order valence-corrected chi connectivity index (χ4v) is 3.84. The van der Waals surface area contributed by atoms with Crippen LogP contribution in [0.1, 0.15) is 25.3 Å². The topological polar surface area (TPSA) is 9.23 Å². The minimum Gasteiger partial charge on any atom is -0.544 e. The Morgan fingerprint density at radius 3 is 2.56 bits per heavy atom. The third-order valence-corrected chi connectivity index (χ3v) is 5.43. The molecule has 0 saturated heterocycles. The maximum absolute atomic E-state index is 6.12. The van der Waals surface area contributed by atoms with Crippen molar-refractivity contribution in [3.05, 3.63) is 28.8 Å². The van der Waals surface area contributed by atoms with Crippen LogP contribution in [0.15, 0.2) is 18.2 Å². The molecule has 0 aliphatic carbocycles. The molecule has 90 valence electrons. The van der Waals surface area contributed by atoms with Crippen LogP contribution in [0.4, 0.5) is 0 Å². The predicted octanol–water partition coefficient (Wildman–Crippen LogP) is 5.03. The third-order valence-electron chi connectivity index (χ3n) is 2.66. The summed E-state index contributed by atoms with van der Waals surface area (Å²) >= 11 is 5.99. The molecule has 0 fully saturated rings. The van der Waals surface area contributed by atoms with Gasteiger partial charge in [-0.25, -0.2) is 0 Å². The van der Waals surface area contributed by atoms with E-state index in [2.05, 4.69) is 20.0 Å². The first kappa shape index (κ1) is 13.6. The van der Waals surface area contributed by atoms with Crippen LogP contribution >= 0.6 is 11.6 Å². The largest absolute Gasteiger partial charge is 0.544 e. The van der Waals surface area contributed by atoms with Crippen LogP contribution in [0.5, 0.6) is 5.75 Å². The van der Waals surface area contributed by atoms with Gasteiger partial charge in [0.1, 0.15) is 5.75 Å². The molecule has 0 aromatic heterocycles. The number of hydrogen-bond donors (Lipinski definition) is 0. The summed E-state index contributed by atoms with van der Waals surface area (Å²) in [4.78, 5) is 0. The van der Waals surface area contributed by atoms with E-state index in [4.69, 9.17) is 16.0 Å². The van der Waals surface area contributed by atoms with Gasteiger partial charge in [0.05, 0.1) is 0 Å². The first-order chi connectivity index (χ1) is 7.44. The summed E-state index contributed by atoms with van der Waals surface area (Å²) in [6, 6.07) is 7.13. The lowest BCUT2D eigenvalue weighted by Gasteiger charge is -2.24. The Kier molecular flexibility index (Phi) is 4.87. The minimum absolute atomic E-state index is 0.806. The number of benzene rings is 1. The van der Waals surface area contributed by atoms with Crippen molar-refractivity contribution in [2.24, 2.45) is 0 Å². The zero-order valence-electron chi connectivity index (χ0n) is 10.6. The van der Waals surface area contributed by atoms with E-state index in [9.17, 15) is 0 Å². The van der Waals surface area contributed by atoms with Gasteiger partial charge in [-0.15, -0.1) is 0 Å². The number of aryl methyl sites for hydroxylation is 1. The fourth-order valence-electron chi connectivity index (χ4n) is 1.65. The van der Waals surface area contributed by atoms with Gasteiger partial charge < -0.3 is 4.43 Å². The highest BCUT2D eigenvalue weighted by molar-refractivity contribution is 6.71. The zero-order chi connectivity index (χ0) is 12.2. The van der Waals surface area contributed by atoms with Crippen molar-refractivity contribution >= 4 is 19.9 Å². The zero-order valence-corrected chi connectivity index (χ0v) is 12.4. The van der Waals surface area contributed by atoms with Gasteiger partial charge in [-0.2, -0.15) is 0 Å². The monoisotopic (exact) mass is 256 g/mol. The molecule has 0 unspecified atom stereocenters. The Morgan fingerprint density at radius 2 is 2.00 bits per heavy atom. The first-order valence-corrected chi connectivity index (χ1v) is 9.39. The van der Waals surface area contributed by atoms with Crippen molar-refractivity contribution in [1.82, 2.24) is 0 Å². The highest BCUT2D eigenvalue weighted by Gasteiger charge is 2.23. The second kappa shape index (κ2) is 5.74. The van der Waals surface area contributed by atoms with Crippen LogP contribution in [-0.4, -0.2) is 8.32 Å². The smallest absolute Gasteiger partial charge is 0.245 e. The standard InChI is InChI=1S/C13H21ClOSi/c1-5-6-9-16(3,4)15-12-7-8-13(14)11(2)10-12/h7-8,10H,5-6,9H2,1-4H3. The molecule has 16 heavy (non-hydrogen) atoms. The van der Waals surface area contributed by atoms with E-state index in [0.29, 0.717) is 0 Å². The number of halogens is 1. The Labute approximate surface area is 105 Å². The summed E-state index contributed by atoms with van der Waals surface area (Å²) in [5, 5.41) is 0.806. The summed E-state index contributed by atoms with van der Waals surface area (Å²) in [5.41, 5.74) is 1.08. The van der Waals surface area contributed by atoms with Crippen LogP contribution in [0.2, 0.25) is 24.2 Å². The molecule has 1 nitrogen and oxygen atoms in total. The Bertz CT molecular complexity index is 350. The van der Waals surface area contributed by atoms with Gasteiger partial charge in [0, 0.05) is 5.02 Å². The molecule has 0 bridgehead atoms. The normalized spacial score (nSPS) is 11.6. The molecule has 0 amide bonds. The molecular weight excluding hydrogens is 236 g/mol. The van der Waals surface area contributed by atoms with E-state index >= 15 is 0 Å². The van der Waals surface area contributed by atoms with Gasteiger partial charge in [0.15, 0.2) is 0 Å². The number of hydrogen-bond acceptors (Lipinski definition) is 1. The Hall–Kier alpha value is -0.473. The molecule has 1 rings (SSSR count). The van der Waals surface area contributed by atoms with Crippen molar-refractivity contribution in [3.63, 3.8) is 0 Å². The fraction of sp³-hybridized carbons (Fsp3) is 0.538. The van der Waals surface area contributed by atoms with E-state index in [0.717, 1.165) is 16.3 Å². The van der Waals surface area contributed by atoms with Crippen LogP contribution in [0.3, 0.4) is 0 Å². The minimum atomic E-state index is -1.55. The molecule has 0 atom stereocenters. The summed E-state index contributed by atoms with van der Waals surface area (Å²) in [6.07, 6.45) is 2.49. The summed E-state index contributed by atoms with van der Waals surface area (Å²) in [5.74, 6) is 0.967. The lowest BCUT2D eigenvalue weighted by Crippen LogP contribution is -2.33. The van der Waals surface area contributed by atoms with Gasteiger partial charge in [-0.05, 0) is 49.8 Å². The number of rotatable bonds is 5. The van der Waals surface area contributed by atoms with Gasteiger partial charge in [0.2, 0.25) is 8.32 Å². The Balaban J connectivity index is 2.68. The predicted molar refractivity (Wildman–Crippen MR) is 74.0 cm³/mol. The quantitative estimate of drug-likeness (QED) is 0.672. The van der Waals surface area contributed by atoms with Crippen LogP contribution in [0.25, 0.3) is 0 Å². The van der Waals surface area contributed by atoms with Gasteiger partial charge in [-0.1, -0.05) is 31.4 Å². The van der Waals surface area contributed by atoms with Crippen molar-refractivity contribution in [1.29, 1.82) is 0 Å². The highest BCUT2D eigenvalue weighted by Crippen LogP contribution is 2.25. The maximum Gasteiger partial charge on any atom is 0.245 e. The molecule has 3 heteroatoms. The SMILES string of the molecule is CCCC[Si](C)(C)Oc1ccc(Cl)c(C)c1. The molecule has 0 radical (unpaired) electrons. The molecule has 0 spiro atoms. The molecule has 0 N–H and O–H groups in total. The Morgan fingerprint density at radius 1 is 1.31 bits per heavy atom. The van der Waals surface area contributed by atoms with Crippen LogP contribution in [0, 0.1) is 6.92 Å². The third kappa shape index (κ3) is 4.18. The van der Waals surface area contributed by atoms with Crippen LogP contribution in [-0.2, 0) is 0 Å². The average molecular weight is 257 g/mol. The van der Waals surface area contributed by atoms with E-state index in [-0.39, 0.29) is 0 Å². The van der Waals surface area contributed by atoms with Gasteiger partial charge in [0.25, 0.3) is 0 Å². The summed E-state index contributed by atoms with van der Waals surface area (Å²) in [7, 11) is -1.55. The van der Waals surface area contributed by atoms with Crippen molar-refractivity contribution < 1.29 is 4.43 Å².